The van der Waals surface area contributed by atoms with E-state index in [9.17, 15) is 17.6 Å². The number of sulfonamides is 1. The number of aromatic nitrogens is 1. The average Bonchev–Trinajstić information content (AvgIpc) is 2.42. The molecule has 0 aliphatic heterocycles. The summed E-state index contributed by atoms with van der Waals surface area (Å²) in [6.45, 7) is 1.35. The number of nitrogens with zero attached hydrogens (tertiary/aromatic N) is 1. The maximum atomic E-state index is 12.9. The maximum Gasteiger partial charge on any atom is 0.263 e. The Labute approximate surface area is 134 Å². The van der Waals surface area contributed by atoms with Crippen LogP contribution in [0.2, 0.25) is 0 Å². The minimum Gasteiger partial charge on any atom is -0.326 e. The van der Waals surface area contributed by atoms with Gasteiger partial charge in [-0.15, -0.1) is 0 Å². The highest BCUT2D eigenvalue weighted by Gasteiger charge is 2.16. The topological polar surface area (TPSA) is 88.2 Å². The zero-order valence-electron chi connectivity index (χ0n) is 11.3. The molecule has 0 spiro atoms. The summed E-state index contributed by atoms with van der Waals surface area (Å²) in [7, 11) is -3.87. The fraction of sp³-hybridized carbons (Fsp3) is 0.0769. The van der Waals surface area contributed by atoms with E-state index in [4.69, 9.17) is 0 Å². The molecule has 1 heterocycles. The number of amides is 1. The summed E-state index contributed by atoms with van der Waals surface area (Å²) in [6.07, 6.45) is 0.905. The third kappa shape index (κ3) is 4.01. The van der Waals surface area contributed by atoms with Gasteiger partial charge >= 0.3 is 0 Å². The molecule has 0 atom stereocenters. The second-order valence-electron chi connectivity index (χ2n) is 4.30. The molecule has 0 fully saturated rings. The second-order valence-corrected chi connectivity index (χ2v) is 6.83. The largest absolute Gasteiger partial charge is 0.326 e. The highest BCUT2D eigenvalue weighted by Crippen LogP contribution is 2.23. The van der Waals surface area contributed by atoms with Crippen LogP contribution in [0.5, 0.6) is 0 Å². The molecule has 22 heavy (non-hydrogen) atoms. The summed E-state index contributed by atoms with van der Waals surface area (Å²) in [4.78, 5) is 14.6. The molecule has 0 saturated heterocycles. The lowest BCUT2D eigenvalue weighted by Crippen LogP contribution is -2.14. The predicted octanol–water partition coefficient (Wildman–Crippen LogP) is 2.74. The van der Waals surface area contributed by atoms with Crippen molar-refractivity contribution >= 4 is 43.4 Å². The van der Waals surface area contributed by atoms with Crippen LogP contribution in [0.25, 0.3) is 0 Å². The van der Waals surface area contributed by atoms with Gasteiger partial charge in [0.2, 0.25) is 5.91 Å². The number of hydrogen-bond acceptors (Lipinski definition) is 4. The van der Waals surface area contributed by atoms with Crippen molar-refractivity contribution in [3.05, 3.63) is 46.8 Å². The fourth-order valence-electron chi connectivity index (χ4n) is 1.60. The van der Waals surface area contributed by atoms with Crippen LogP contribution in [0, 0.1) is 5.82 Å². The molecular formula is C13H11BrFN3O3S. The number of hydrogen-bond donors (Lipinski definition) is 2. The van der Waals surface area contributed by atoms with E-state index in [-0.39, 0.29) is 21.1 Å². The minimum atomic E-state index is -3.87. The van der Waals surface area contributed by atoms with Crippen LogP contribution in [0.1, 0.15) is 6.92 Å². The smallest absolute Gasteiger partial charge is 0.263 e. The van der Waals surface area contributed by atoms with Crippen molar-refractivity contribution < 1.29 is 17.6 Å². The van der Waals surface area contributed by atoms with E-state index in [1.165, 1.54) is 31.2 Å². The minimum absolute atomic E-state index is 0.0142. The highest BCUT2D eigenvalue weighted by atomic mass is 79.9. The third-order valence-electron chi connectivity index (χ3n) is 2.52. The normalized spacial score (nSPS) is 11.0. The molecule has 0 aliphatic rings. The summed E-state index contributed by atoms with van der Waals surface area (Å²) in [6, 6.07) is 6.70. The zero-order chi connectivity index (χ0) is 16.3. The van der Waals surface area contributed by atoms with Crippen molar-refractivity contribution in [2.75, 3.05) is 10.0 Å². The SMILES string of the molecule is CC(=O)Nc1ccc(S(=O)(=O)Nc2ncc(F)cc2Br)cc1. The van der Waals surface area contributed by atoms with Crippen molar-refractivity contribution in [1.29, 1.82) is 0 Å². The summed E-state index contributed by atoms with van der Waals surface area (Å²) in [5, 5.41) is 2.53. The fourth-order valence-corrected chi connectivity index (χ4v) is 3.18. The average molecular weight is 388 g/mol. The number of benzene rings is 1. The van der Waals surface area contributed by atoms with Crippen molar-refractivity contribution in [3.8, 4) is 0 Å². The van der Waals surface area contributed by atoms with Crippen LogP contribution >= 0.6 is 15.9 Å². The van der Waals surface area contributed by atoms with Gasteiger partial charge in [-0.1, -0.05) is 0 Å². The summed E-state index contributed by atoms with van der Waals surface area (Å²) < 4.78 is 39.8. The number of halogens is 2. The molecule has 0 saturated carbocycles. The molecule has 6 nitrogen and oxygen atoms in total. The van der Waals surface area contributed by atoms with Crippen molar-refractivity contribution in [2.45, 2.75) is 11.8 Å². The summed E-state index contributed by atoms with van der Waals surface area (Å²) in [5.74, 6) is -0.866. The Kier molecular flexibility index (Phi) is 4.77. The van der Waals surface area contributed by atoms with Gasteiger partial charge in [-0.25, -0.2) is 17.8 Å². The lowest BCUT2D eigenvalue weighted by atomic mass is 10.3. The van der Waals surface area contributed by atoms with E-state index in [0.29, 0.717) is 5.69 Å². The van der Waals surface area contributed by atoms with E-state index >= 15 is 0 Å². The van der Waals surface area contributed by atoms with E-state index in [1.807, 2.05) is 0 Å². The van der Waals surface area contributed by atoms with E-state index < -0.39 is 15.8 Å². The van der Waals surface area contributed by atoms with Gasteiger partial charge in [0.25, 0.3) is 10.0 Å². The van der Waals surface area contributed by atoms with Crippen molar-refractivity contribution in [1.82, 2.24) is 4.98 Å². The Hall–Kier alpha value is -2.00. The summed E-state index contributed by atoms with van der Waals surface area (Å²) >= 11 is 3.03. The molecule has 1 aromatic heterocycles. The number of carbonyl (C=O) groups is 1. The van der Waals surface area contributed by atoms with Gasteiger partial charge < -0.3 is 5.32 Å². The molecule has 2 aromatic rings. The first-order valence-corrected chi connectivity index (χ1v) is 8.27. The second kappa shape index (κ2) is 6.41. The van der Waals surface area contributed by atoms with Crippen LogP contribution in [-0.2, 0) is 14.8 Å². The Balaban J connectivity index is 2.24. The zero-order valence-corrected chi connectivity index (χ0v) is 13.7. The van der Waals surface area contributed by atoms with Crippen LogP contribution in [-0.4, -0.2) is 19.3 Å². The number of nitrogens with one attached hydrogen (secondary N) is 2. The van der Waals surface area contributed by atoms with Gasteiger partial charge in [0.05, 0.1) is 15.6 Å². The monoisotopic (exact) mass is 387 g/mol. The molecule has 0 bridgehead atoms. The van der Waals surface area contributed by atoms with Gasteiger partial charge in [-0.2, -0.15) is 0 Å². The third-order valence-corrected chi connectivity index (χ3v) is 4.48. The maximum absolute atomic E-state index is 12.9. The predicted molar refractivity (Wildman–Crippen MR) is 83.4 cm³/mol. The molecule has 0 unspecified atom stereocenters. The van der Waals surface area contributed by atoms with E-state index in [0.717, 1.165) is 12.3 Å². The van der Waals surface area contributed by atoms with Gasteiger partial charge in [-0.3, -0.25) is 9.52 Å². The quantitative estimate of drug-likeness (QED) is 0.843. The van der Waals surface area contributed by atoms with E-state index in [1.54, 1.807) is 0 Å². The number of carbonyl (C=O) groups excluding carboxylic acids is 1. The molecule has 1 aromatic carbocycles. The van der Waals surface area contributed by atoms with Crippen LogP contribution in [0.3, 0.4) is 0 Å². The lowest BCUT2D eigenvalue weighted by Gasteiger charge is -2.09. The Morgan fingerprint density at radius 2 is 1.91 bits per heavy atom. The van der Waals surface area contributed by atoms with Gasteiger partial charge in [0.1, 0.15) is 5.82 Å². The molecule has 2 rings (SSSR count). The van der Waals surface area contributed by atoms with Gasteiger partial charge in [0, 0.05) is 12.6 Å². The van der Waals surface area contributed by atoms with Crippen molar-refractivity contribution in [3.63, 3.8) is 0 Å². The lowest BCUT2D eigenvalue weighted by molar-refractivity contribution is -0.114. The van der Waals surface area contributed by atoms with Gasteiger partial charge in [0.15, 0.2) is 5.82 Å². The van der Waals surface area contributed by atoms with E-state index in [2.05, 4.69) is 31.0 Å². The molecular weight excluding hydrogens is 377 g/mol. The summed E-state index contributed by atoms with van der Waals surface area (Å²) in [5.41, 5.74) is 0.479. The van der Waals surface area contributed by atoms with Crippen molar-refractivity contribution in [2.24, 2.45) is 0 Å². The number of anilines is 2. The standard InChI is InChI=1S/C13H11BrFN3O3S/c1-8(19)17-10-2-4-11(5-3-10)22(20,21)18-13-12(14)6-9(15)7-16-13/h2-7H,1H3,(H,16,18)(H,17,19). The molecule has 0 radical (unpaired) electrons. The Morgan fingerprint density at radius 3 is 2.45 bits per heavy atom. The highest BCUT2D eigenvalue weighted by molar-refractivity contribution is 9.10. The first-order valence-electron chi connectivity index (χ1n) is 5.99. The molecule has 116 valence electrons. The molecule has 0 aliphatic carbocycles. The Bertz CT molecular complexity index is 810. The van der Waals surface area contributed by atoms with Gasteiger partial charge in [-0.05, 0) is 46.3 Å². The number of rotatable bonds is 4. The van der Waals surface area contributed by atoms with Crippen LogP contribution in [0.4, 0.5) is 15.9 Å². The van der Waals surface area contributed by atoms with Crippen LogP contribution < -0.4 is 10.0 Å². The number of pyridine rings is 1. The first kappa shape index (κ1) is 16.4. The molecule has 1 amide bonds. The Morgan fingerprint density at radius 1 is 1.27 bits per heavy atom. The van der Waals surface area contributed by atoms with Crippen LogP contribution in [0.15, 0.2) is 45.9 Å². The first-order chi connectivity index (χ1) is 10.3. The molecule has 9 heteroatoms. The molecule has 2 N–H and O–H groups in total.